The van der Waals surface area contributed by atoms with Gasteiger partial charge in [0.2, 0.25) is 0 Å². The van der Waals surface area contributed by atoms with Gasteiger partial charge >= 0.3 is 17.9 Å². The lowest BCUT2D eigenvalue weighted by Crippen LogP contribution is -2.30. The third-order valence-corrected chi connectivity index (χ3v) is 15.2. The van der Waals surface area contributed by atoms with Gasteiger partial charge in [0, 0.05) is 19.3 Å². The number of rotatable bonds is 63. The zero-order valence-electron chi connectivity index (χ0n) is 52.6. The van der Waals surface area contributed by atoms with Crippen LogP contribution < -0.4 is 0 Å². The molecule has 0 aliphatic heterocycles. The van der Waals surface area contributed by atoms with Gasteiger partial charge in [-0.2, -0.15) is 0 Å². The lowest BCUT2D eigenvalue weighted by Gasteiger charge is -2.18. The van der Waals surface area contributed by atoms with Crippen molar-refractivity contribution in [1.29, 1.82) is 0 Å². The van der Waals surface area contributed by atoms with Gasteiger partial charge in [0.15, 0.2) is 6.10 Å². The predicted molar refractivity (Wildman–Crippen MR) is 344 cm³/mol. The summed E-state index contributed by atoms with van der Waals surface area (Å²) in [5, 5.41) is 0. The van der Waals surface area contributed by atoms with Crippen molar-refractivity contribution in [3.8, 4) is 0 Å². The van der Waals surface area contributed by atoms with E-state index in [9.17, 15) is 14.4 Å². The van der Waals surface area contributed by atoms with Crippen LogP contribution in [0.3, 0.4) is 0 Å². The topological polar surface area (TPSA) is 78.9 Å². The molecule has 0 N–H and O–H groups in total. The standard InChI is InChI=1S/C73H130O6/c1-4-7-10-13-16-19-22-25-27-29-30-31-32-33-34-35-36-37-38-39-40-41-42-44-45-48-51-54-57-60-63-66-72(75)78-69-70(68-77-71(74)65-62-59-56-53-50-47-24-21-18-15-12-9-6-3)79-73(76)67-64-61-58-55-52-49-46-43-28-26-23-20-17-14-11-8-5-2/h8,11,17,20-22,24-26,28-30,70H,4-7,9-10,12-16,18-19,23,27,31-69H2,1-3H3/b11-8-,20-17-,24-21-,25-22-,28-26-,30-29-. The van der Waals surface area contributed by atoms with E-state index in [4.69, 9.17) is 14.2 Å². The number of carbonyl (C=O) groups is 3. The van der Waals surface area contributed by atoms with Crippen molar-refractivity contribution in [1.82, 2.24) is 0 Å². The third-order valence-electron chi connectivity index (χ3n) is 15.2. The molecule has 0 fully saturated rings. The lowest BCUT2D eigenvalue weighted by molar-refractivity contribution is -0.167. The molecule has 0 saturated carbocycles. The van der Waals surface area contributed by atoms with Crippen LogP contribution in [-0.4, -0.2) is 37.2 Å². The van der Waals surface area contributed by atoms with E-state index in [2.05, 4.69) is 93.7 Å². The molecule has 0 heterocycles. The predicted octanol–water partition coefficient (Wildman–Crippen LogP) is 23.7. The van der Waals surface area contributed by atoms with E-state index >= 15 is 0 Å². The van der Waals surface area contributed by atoms with Gasteiger partial charge in [0.05, 0.1) is 0 Å². The first-order valence-electron chi connectivity index (χ1n) is 34.4. The molecule has 0 aromatic rings. The van der Waals surface area contributed by atoms with Crippen LogP contribution in [0.15, 0.2) is 72.9 Å². The van der Waals surface area contributed by atoms with Crippen molar-refractivity contribution in [2.45, 2.75) is 361 Å². The van der Waals surface area contributed by atoms with Gasteiger partial charge in [-0.1, -0.05) is 299 Å². The van der Waals surface area contributed by atoms with E-state index in [1.807, 2.05) is 0 Å². The van der Waals surface area contributed by atoms with Crippen LogP contribution >= 0.6 is 0 Å². The number of carbonyl (C=O) groups excluding carboxylic acids is 3. The fourth-order valence-electron chi connectivity index (χ4n) is 10.0. The van der Waals surface area contributed by atoms with Crippen LogP contribution in [0.4, 0.5) is 0 Å². The Morgan fingerprint density at radius 1 is 0.266 bits per heavy atom. The fraction of sp³-hybridized carbons (Fsp3) is 0.795. The average molecular weight is 1100 g/mol. The van der Waals surface area contributed by atoms with Crippen LogP contribution in [-0.2, 0) is 28.6 Å². The maximum Gasteiger partial charge on any atom is 0.306 e. The lowest BCUT2D eigenvalue weighted by atomic mass is 10.0. The summed E-state index contributed by atoms with van der Waals surface area (Å²) >= 11 is 0. The zero-order chi connectivity index (χ0) is 57.1. The zero-order valence-corrected chi connectivity index (χ0v) is 52.6. The quantitative estimate of drug-likeness (QED) is 0.0261. The number of esters is 3. The summed E-state index contributed by atoms with van der Waals surface area (Å²) in [7, 11) is 0. The SMILES string of the molecule is CC/C=C\C/C=C\C/C=C\CCCCCCCCCC(=O)OC(COC(=O)CCCCCCC/C=C\CCCCCC)COC(=O)CCCCCCCCCCCCCCCCCCCCC/C=C\C/C=C\CCCCCCC. The highest BCUT2D eigenvalue weighted by molar-refractivity contribution is 5.71. The van der Waals surface area contributed by atoms with Crippen LogP contribution in [0.25, 0.3) is 0 Å². The summed E-state index contributed by atoms with van der Waals surface area (Å²) in [5.74, 6) is -0.881. The van der Waals surface area contributed by atoms with Gasteiger partial charge in [-0.15, -0.1) is 0 Å². The molecule has 0 amide bonds. The molecule has 0 saturated heterocycles. The minimum absolute atomic E-state index is 0.0790. The molecule has 0 bridgehead atoms. The average Bonchev–Trinajstić information content (AvgIpc) is 3.45. The summed E-state index contributed by atoms with van der Waals surface area (Å²) in [6, 6.07) is 0. The summed E-state index contributed by atoms with van der Waals surface area (Å²) in [4.78, 5) is 38.3. The Morgan fingerprint density at radius 3 is 0.797 bits per heavy atom. The third kappa shape index (κ3) is 65.5. The smallest absolute Gasteiger partial charge is 0.306 e. The minimum atomic E-state index is -0.784. The number of allylic oxidation sites excluding steroid dienone is 12. The van der Waals surface area contributed by atoms with Crippen LogP contribution in [0.2, 0.25) is 0 Å². The summed E-state index contributed by atoms with van der Waals surface area (Å²) in [6.45, 7) is 6.53. The summed E-state index contributed by atoms with van der Waals surface area (Å²) < 4.78 is 16.9. The minimum Gasteiger partial charge on any atom is -0.462 e. The van der Waals surface area contributed by atoms with Crippen molar-refractivity contribution < 1.29 is 28.6 Å². The molecule has 0 spiro atoms. The maximum atomic E-state index is 12.9. The molecule has 0 radical (unpaired) electrons. The number of hydrogen-bond donors (Lipinski definition) is 0. The molecule has 458 valence electrons. The molecule has 1 unspecified atom stereocenters. The van der Waals surface area contributed by atoms with Crippen molar-refractivity contribution in [2.75, 3.05) is 13.2 Å². The first-order valence-corrected chi connectivity index (χ1v) is 34.4. The van der Waals surface area contributed by atoms with Gasteiger partial charge < -0.3 is 14.2 Å². The largest absolute Gasteiger partial charge is 0.462 e. The van der Waals surface area contributed by atoms with Crippen molar-refractivity contribution in [2.24, 2.45) is 0 Å². The van der Waals surface area contributed by atoms with E-state index in [1.165, 1.54) is 218 Å². The molecule has 0 rings (SSSR count). The van der Waals surface area contributed by atoms with Gasteiger partial charge in [0.1, 0.15) is 13.2 Å². The van der Waals surface area contributed by atoms with Crippen molar-refractivity contribution in [3.05, 3.63) is 72.9 Å². The highest BCUT2D eigenvalue weighted by Gasteiger charge is 2.19. The maximum absolute atomic E-state index is 12.9. The monoisotopic (exact) mass is 1100 g/mol. The van der Waals surface area contributed by atoms with E-state index < -0.39 is 6.10 Å². The van der Waals surface area contributed by atoms with Gasteiger partial charge in [0.25, 0.3) is 0 Å². The van der Waals surface area contributed by atoms with Crippen LogP contribution in [0.1, 0.15) is 355 Å². The number of hydrogen-bond acceptors (Lipinski definition) is 6. The summed E-state index contributed by atoms with van der Waals surface area (Å²) in [5.41, 5.74) is 0. The molecule has 0 aromatic heterocycles. The number of unbranched alkanes of at least 4 members (excludes halogenated alkanes) is 40. The van der Waals surface area contributed by atoms with E-state index in [-0.39, 0.29) is 31.1 Å². The highest BCUT2D eigenvalue weighted by atomic mass is 16.6. The van der Waals surface area contributed by atoms with Gasteiger partial charge in [-0.25, -0.2) is 0 Å². The highest BCUT2D eigenvalue weighted by Crippen LogP contribution is 2.17. The Balaban J connectivity index is 4.17. The molecule has 6 heteroatoms. The Morgan fingerprint density at radius 2 is 0.494 bits per heavy atom. The summed E-state index contributed by atoms with van der Waals surface area (Å²) in [6.07, 6.45) is 87.9. The Kier molecular flexibility index (Phi) is 64.7. The molecule has 1 atom stereocenters. The second-order valence-electron chi connectivity index (χ2n) is 23.1. The van der Waals surface area contributed by atoms with E-state index in [1.54, 1.807) is 0 Å². The molecular formula is C73H130O6. The Labute approximate surface area is 491 Å². The normalized spacial score (nSPS) is 12.5. The molecule has 0 aliphatic carbocycles. The molecule has 0 aliphatic rings. The number of ether oxygens (including phenoxy) is 3. The molecule has 6 nitrogen and oxygen atoms in total. The Hall–Kier alpha value is -3.15. The van der Waals surface area contributed by atoms with Gasteiger partial charge in [-0.05, 0) is 109 Å². The Bertz CT molecular complexity index is 1450. The van der Waals surface area contributed by atoms with Crippen molar-refractivity contribution in [3.63, 3.8) is 0 Å². The molecule has 79 heavy (non-hydrogen) atoms. The second-order valence-corrected chi connectivity index (χ2v) is 23.1. The second kappa shape index (κ2) is 67.4. The van der Waals surface area contributed by atoms with Crippen molar-refractivity contribution >= 4 is 17.9 Å². The molecule has 0 aromatic carbocycles. The van der Waals surface area contributed by atoms with E-state index in [0.29, 0.717) is 19.3 Å². The van der Waals surface area contributed by atoms with E-state index in [0.717, 1.165) is 96.3 Å². The van der Waals surface area contributed by atoms with Gasteiger partial charge in [-0.3, -0.25) is 14.4 Å². The first kappa shape index (κ1) is 75.8. The van der Waals surface area contributed by atoms with Crippen LogP contribution in [0, 0.1) is 0 Å². The van der Waals surface area contributed by atoms with Crippen LogP contribution in [0.5, 0.6) is 0 Å². The molecular weight excluding hydrogens is 973 g/mol. The first-order chi connectivity index (χ1) is 39.0. The fourth-order valence-corrected chi connectivity index (χ4v) is 10.0.